The van der Waals surface area contributed by atoms with Crippen LogP contribution in [0.3, 0.4) is 0 Å². The summed E-state index contributed by atoms with van der Waals surface area (Å²) in [6.45, 7) is 4.21. The van der Waals surface area contributed by atoms with Gasteiger partial charge >= 0.3 is 0 Å². The van der Waals surface area contributed by atoms with Crippen molar-refractivity contribution in [3.05, 3.63) is 29.3 Å². The Bertz CT molecular complexity index is 491. The molecule has 0 aromatic heterocycles. The minimum absolute atomic E-state index is 0.0611. The van der Waals surface area contributed by atoms with E-state index in [-0.39, 0.29) is 18.8 Å². The summed E-state index contributed by atoms with van der Waals surface area (Å²) in [5.74, 6) is 0.961. The molecule has 2 aliphatic rings. The van der Waals surface area contributed by atoms with Crippen LogP contribution in [-0.2, 0) is 17.6 Å². The second-order valence-electron chi connectivity index (χ2n) is 6.05. The van der Waals surface area contributed by atoms with Gasteiger partial charge in [0.1, 0.15) is 5.75 Å². The van der Waals surface area contributed by atoms with Crippen LogP contribution in [0.5, 0.6) is 5.75 Å². The number of rotatable bonds is 4. The number of ether oxygens (including phenoxy) is 2. The molecule has 0 bridgehead atoms. The first-order valence-electron chi connectivity index (χ1n) is 7.92. The van der Waals surface area contributed by atoms with Crippen molar-refractivity contribution in [2.45, 2.75) is 44.4 Å². The van der Waals surface area contributed by atoms with Gasteiger partial charge in [-0.05, 0) is 36.6 Å². The van der Waals surface area contributed by atoms with E-state index in [1.807, 2.05) is 6.07 Å². The molecule has 1 fully saturated rings. The van der Waals surface area contributed by atoms with Crippen molar-refractivity contribution in [3.63, 3.8) is 0 Å². The molecule has 0 saturated carbocycles. The highest BCUT2D eigenvalue weighted by Crippen LogP contribution is 2.35. The SMILES string of the molecule is CCCN1C[C@H](CO)O[C@@H]2Cc3c(cccc3OC)C[C@H]21. The Kier molecular flexibility index (Phi) is 4.48. The number of hydrogen-bond donors (Lipinski definition) is 1. The zero-order valence-electron chi connectivity index (χ0n) is 12.9. The first-order chi connectivity index (χ1) is 10.3. The molecule has 1 heterocycles. The second-order valence-corrected chi connectivity index (χ2v) is 6.05. The van der Waals surface area contributed by atoms with Gasteiger partial charge in [0.05, 0.1) is 25.9 Å². The van der Waals surface area contributed by atoms with Crippen LogP contribution in [0.1, 0.15) is 24.5 Å². The lowest BCUT2D eigenvalue weighted by atomic mass is 9.83. The van der Waals surface area contributed by atoms with Gasteiger partial charge in [0.25, 0.3) is 0 Å². The molecule has 1 saturated heterocycles. The maximum absolute atomic E-state index is 9.49. The molecule has 0 spiro atoms. The molecule has 3 atom stereocenters. The largest absolute Gasteiger partial charge is 0.496 e. The van der Waals surface area contributed by atoms with Gasteiger partial charge in [-0.2, -0.15) is 0 Å². The summed E-state index contributed by atoms with van der Waals surface area (Å²) >= 11 is 0. The van der Waals surface area contributed by atoms with Gasteiger partial charge in [0.15, 0.2) is 0 Å². The van der Waals surface area contributed by atoms with Crippen LogP contribution in [0.15, 0.2) is 18.2 Å². The lowest BCUT2D eigenvalue weighted by molar-refractivity contribution is -0.135. The van der Waals surface area contributed by atoms with E-state index in [4.69, 9.17) is 9.47 Å². The van der Waals surface area contributed by atoms with Gasteiger partial charge in [-0.3, -0.25) is 4.90 Å². The van der Waals surface area contributed by atoms with Crippen molar-refractivity contribution in [3.8, 4) is 5.75 Å². The number of methoxy groups -OCH3 is 1. The molecule has 0 amide bonds. The maximum Gasteiger partial charge on any atom is 0.122 e. The van der Waals surface area contributed by atoms with Gasteiger partial charge in [0.2, 0.25) is 0 Å². The van der Waals surface area contributed by atoms with Gasteiger partial charge < -0.3 is 14.6 Å². The number of hydrogen-bond acceptors (Lipinski definition) is 4. The normalized spacial score (nSPS) is 28.8. The lowest BCUT2D eigenvalue weighted by Gasteiger charge is -2.47. The molecule has 0 unspecified atom stereocenters. The van der Waals surface area contributed by atoms with E-state index in [1.54, 1.807) is 7.11 Å². The number of morpholine rings is 1. The van der Waals surface area contributed by atoms with Crippen LogP contribution in [0.2, 0.25) is 0 Å². The van der Waals surface area contributed by atoms with E-state index in [0.717, 1.165) is 38.1 Å². The monoisotopic (exact) mass is 291 g/mol. The lowest BCUT2D eigenvalue weighted by Crippen LogP contribution is -2.58. The fraction of sp³-hybridized carbons (Fsp3) is 0.647. The zero-order valence-corrected chi connectivity index (χ0v) is 12.9. The summed E-state index contributed by atoms with van der Waals surface area (Å²) in [6.07, 6.45) is 3.11. The van der Waals surface area contributed by atoms with Crippen molar-refractivity contribution in [1.82, 2.24) is 4.90 Å². The topological polar surface area (TPSA) is 41.9 Å². The molecular formula is C17H25NO3. The highest BCUT2D eigenvalue weighted by molar-refractivity contribution is 5.43. The molecule has 0 radical (unpaired) electrons. The summed E-state index contributed by atoms with van der Waals surface area (Å²) < 4.78 is 11.6. The Morgan fingerprint density at radius 1 is 1.38 bits per heavy atom. The van der Waals surface area contributed by atoms with Crippen molar-refractivity contribution in [2.75, 3.05) is 26.8 Å². The quantitative estimate of drug-likeness (QED) is 0.915. The molecule has 3 rings (SSSR count). The summed E-state index contributed by atoms with van der Waals surface area (Å²) in [5, 5.41) is 9.49. The third-order valence-electron chi connectivity index (χ3n) is 4.70. The minimum Gasteiger partial charge on any atom is -0.496 e. The zero-order chi connectivity index (χ0) is 14.8. The van der Waals surface area contributed by atoms with E-state index < -0.39 is 0 Å². The second kappa shape index (κ2) is 6.34. The van der Waals surface area contributed by atoms with Crippen LogP contribution < -0.4 is 4.74 Å². The Morgan fingerprint density at radius 3 is 2.95 bits per heavy atom. The summed E-state index contributed by atoms with van der Waals surface area (Å²) in [5.41, 5.74) is 2.65. The van der Waals surface area contributed by atoms with E-state index >= 15 is 0 Å². The minimum atomic E-state index is -0.0611. The Balaban J connectivity index is 1.88. The first-order valence-corrected chi connectivity index (χ1v) is 7.92. The molecule has 4 nitrogen and oxygen atoms in total. The molecule has 1 aromatic rings. The molecule has 4 heteroatoms. The number of aliphatic hydroxyl groups is 1. The highest BCUT2D eigenvalue weighted by Gasteiger charge is 2.40. The van der Waals surface area contributed by atoms with Crippen molar-refractivity contribution < 1.29 is 14.6 Å². The predicted molar refractivity (Wildman–Crippen MR) is 81.8 cm³/mol. The molecular weight excluding hydrogens is 266 g/mol. The van der Waals surface area contributed by atoms with Crippen LogP contribution in [0.4, 0.5) is 0 Å². The average molecular weight is 291 g/mol. The van der Waals surface area contributed by atoms with Gasteiger partial charge in [-0.1, -0.05) is 19.1 Å². The molecule has 21 heavy (non-hydrogen) atoms. The summed E-state index contributed by atoms with van der Waals surface area (Å²) in [7, 11) is 1.73. The van der Waals surface area contributed by atoms with Crippen LogP contribution in [0, 0.1) is 0 Å². The number of nitrogens with zero attached hydrogens (tertiary/aromatic N) is 1. The molecule has 1 aliphatic heterocycles. The Hall–Kier alpha value is -1.10. The number of aliphatic hydroxyl groups excluding tert-OH is 1. The fourth-order valence-corrected chi connectivity index (χ4v) is 3.75. The fourth-order valence-electron chi connectivity index (χ4n) is 3.75. The van der Waals surface area contributed by atoms with Crippen molar-refractivity contribution in [1.29, 1.82) is 0 Å². The van der Waals surface area contributed by atoms with E-state index in [2.05, 4.69) is 24.0 Å². The average Bonchev–Trinajstić information content (AvgIpc) is 2.52. The van der Waals surface area contributed by atoms with Gasteiger partial charge in [-0.25, -0.2) is 0 Å². The molecule has 116 valence electrons. The predicted octanol–water partition coefficient (Wildman–Crippen LogP) is 1.63. The van der Waals surface area contributed by atoms with Gasteiger partial charge in [-0.15, -0.1) is 0 Å². The smallest absolute Gasteiger partial charge is 0.122 e. The van der Waals surface area contributed by atoms with Crippen LogP contribution in [0.25, 0.3) is 0 Å². The molecule has 1 aliphatic carbocycles. The Morgan fingerprint density at radius 2 is 2.24 bits per heavy atom. The van der Waals surface area contributed by atoms with E-state index in [9.17, 15) is 5.11 Å². The van der Waals surface area contributed by atoms with E-state index in [0.29, 0.717) is 6.04 Å². The van der Waals surface area contributed by atoms with E-state index in [1.165, 1.54) is 11.1 Å². The number of benzene rings is 1. The maximum atomic E-state index is 9.49. The van der Waals surface area contributed by atoms with Crippen molar-refractivity contribution in [2.24, 2.45) is 0 Å². The third kappa shape index (κ3) is 2.80. The molecule has 1 N–H and O–H groups in total. The Labute approximate surface area is 126 Å². The van der Waals surface area contributed by atoms with Crippen LogP contribution in [-0.4, -0.2) is 55.1 Å². The first kappa shape index (κ1) is 14.8. The standard InChI is InChI=1S/C17H25NO3/c1-3-7-18-10-13(11-19)21-17-9-14-12(8-15(17)18)5-4-6-16(14)20-2/h4-6,13,15,17,19H,3,7-11H2,1-2H3/t13-,15-,17-/m1/s1. The summed E-state index contributed by atoms with van der Waals surface area (Å²) in [4.78, 5) is 2.50. The van der Waals surface area contributed by atoms with Crippen LogP contribution >= 0.6 is 0 Å². The highest BCUT2D eigenvalue weighted by atomic mass is 16.5. The third-order valence-corrected chi connectivity index (χ3v) is 4.70. The van der Waals surface area contributed by atoms with Crippen molar-refractivity contribution >= 4 is 0 Å². The summed E-state index contributed by atoms with van der Waals surface area (Å²) in [6, 6.07) is 6.72. The molecule has 1 aromatic carbocycles. The van der Waals surface area contributed by atoms with Gasteiger partial charge in [0, 0.05) is 19.0 Å². The number of fused-ring (bicyclic) bond motifs is 2.